The fraction of sp³-hybridized carbons (Fsp3) is 0.548. The number of benzene rings is 1. The minimum Gasteiger partial charge on any atom is -0.483 e. The maximum Gasteiger partial charge on any atom is 0.409 e. The number of aromatic nitrogens is 1. The van der Waals surface area contributed by atoms with Gasteiger partial charge in [0.15, 0.2) is 6.61 Å². The van der Waals surface area contributed by atoms with Gasteiger partial charge < -0.3 is 39.3 Å². The maximum absolute atomic E-state index is 13.1. The van der Waals surface area contributed by atoms with Crippen LogP contribution in [0.3, 0.4) is 0 Å². The molecule has 2 fully saturated rings. The summed E-state index contributed by atoms with van der Waals surface area (Å²) in [6.07, 6.45) is 0.544. The molecule has 2 N–H and O–H groups in total. The van der Waals surface area contributed by atoms with Gasteiger partial charge in [-0.3, -0.25) is 14.4 Å². The number of esters is 1. The highest BCUT2D eigenvalue weighted by Gasteiger charge is 2.40. The van der Waals surface area contributed by atoms with E-state index in [1.807, 2.05) is 19.9 Å². The van der Waals surface area contributed by atoms with Gasteiger partial charge in [0.1, 0.15) is 17.5 Å². The smallest absolute Gasteiger partial charge is 0.409 e. The number of hydrogen-bond donors (Lipinski definition) is 2. The number of rotatable bonds is 11. The Balaban J connectivity index is 1.38. The third kappa shape index (κ3) is 8.59. The van der Waals surface area contributed by atoms with Crippen LogP contribution in [0, 0.1) is 6.92 Å². The number of carbonyl (C=O) groups is 5. The molecule has 0 aliphatic carbocycles. The molecule has 2 saturated heterocycles. The van der Waals surface area contributed by atoms with Crippen LogP contribution in [-0.2, 0) is 23.9 Å². The molecule has 244 valence electrons. The summed E-state index contributed by atoms with van der Waals surface area (Å²) >= 11 is 0. The zero-order valence-electron chi connectivity index (χ0n) is 26.0. The number of aliphatic hydroxyl groups is 1. The molecule has 0 spiro atoms. The lowest BCUT2D eigenvalue weighted by Gasteiger charge is -2.34. The number of pyridine rings is 1. The molecule has 2 atom stereocenters. The van der Waals surface area contributed by atoms with E-state index >= 15 is 0 Å². The Morgan fingerprint density at radius 2 is 1.73 bits per heavy atom. The van der Waals surface area contributed by atoms with Gasteiger partial charge in [-0.05, 0) is 38.0 Å². The molecule has 14 nitrogen and oxygen atoms in total. The zero-order chi connectivity index (χ0) is 32.5. The Morgan fingerprint density at radius 1 is 1.00 bits per heavy atom. The number of amides is 4. The first-order valence-electron chi connectivity index (χ1n) is 15.3. The predicted molar refractivity (Wildman–Crippen MR) is 161 cm³/mol. The number of unbranched alkanes of at least 4 members (excludes halogenated alkanes) is 1. The summed E-state index contributed by atoms with van der Waals surface area (Å²) in [5.41, 5.74) is 1.34. The number of carbonyl (C=O) groups excluding carboxylic acids is 5. The van der Waals surface area contributed by atoms with Gasteiger partial charge in [0.25, 0.3) is 11.8 Å². The largest absolute Gasteiger partial charge is 0.483 e. The highest BCUT2D eigenvalue weighted by molar-refractivity contribution is 5.99. The predicted octanol–water partition coefficient (Wildman–Crippen LogP) is 1.26. The monoisotopic (exact) mass is 627 g/mol. The number of nitrogens with zero attached hydrogens (tertiary/aromatic N) is 4. The topological polar surface area (TPSA) is 168 Å². The summed E-state index contributed by atoms with van der Waals surface area (Å²) in [7, 11) is 0. The molecule has 1 aromatic heterocycles. The Kier molecular flexibility index (Phi) is 11.5. The van der Waals surface area contributed by atoms with Crippen molar-refractivity contribution in [1.82, 2.24) is 25.0 Å². The molecule has 3 heterocycles. The second-order valence-corrected chi connectivity index (χ2v) is 11.0. The molecule has 2 aliphatic heterocycles. The molecule has 1 aromatic carbocycles. The average Bonchev–Trinajstić information content (AvgIpc) is 3.43. The number of piperazine rings is 1. The van der Waals surface area contributed by atoms with Gasteiger partial charge in [0, 0.05) is 50.6 Å². The highest BCUT2D eigenvalue weighted by Crippen LogP contribution is 2.27. The molecule has 4 rings (SSSR count). The van der Waals surface area contributed by atoms with Gasteiger partial charge in [-0.2, -0.15) is 0 Å². The van der Waals surface area contributed by atoms with Gasteiger partial charge >= 0.3 is 12.1 Å². The minimum absolute atomic E-state index is 0.0102. The number of likely N-dealkylation sites (tertiary alicyclic amines) is 1. The number of aryl methyl sites for hydroxylation is 1. The van der Waals surface area contributed by atoms with Crippen molar-refractivity contribution < 1.29 is 43.3 Å². The van der Waals surface area contributed by atoms with Crippen LogP contribution in [0.4, 0.5) is 4.79 Å². The van der Waals surface area contributed by atoms with Crippen LogP contribution in [0.1, 0.15) is 49.2 Å². The van der Waals surface area contributed by atoms with E-state index in [1.165, 1.54) is 11.0 Å². The Labute approximate surface area is 261 Å². The van der Waals surface area contributed by atoms with Crippen LogP contribution in [0.25, 0.3) is 10.9 Å². The van der Waals surface area contributed by atoms with Crippen LogP contribution in [0.2, 0.25) is 0 Å². The zero-order valence-corrected chi connectivity index (χ0v) is 26.0. The maximum atomic E-state index is 13.1. The number of aliphatic hydroxyl groups excluding tert-OH is 1. The van der Waals surface area contributed by atoms with Crippen molar-refractivity contribution in [2.45, 2.75) is 52.2 Å². The Morgan fingerprint density at radius 3 is 2.44 bits per heavy atom. The van der Waals surface area contributed by atoms with E-state index in [0.717, 1.165) is 18.4 Å². The molecule has 2 aromatic rings. The summed E-state index contributed by atoms with van der Waals surface area (Å²) in [6, 6.07) is 5.87. The van der Waals surface area contributed by atoms with E-state index in [9.17, 15) is 29.1 Å². The summed E-state index contributed by atoms with van der Waals surface area (Å²) in [4.78, 5) is 72.3. The second-order valence-electron chi connectivity index (χ2n) is 11.0. The molecule has 14 heteroatoms. The molecule has 45 heavy (non-hydrogen) atoms. The van der Waals surface area contributed by atoms with Crippen molar-refractivity contribution in [2.24, 2.45) is 0 Å². The highest BCUT2D eigenvalue weighted by atomic mass is 16.6. The van der Waals surface area contributed by atoms with Crippen molar-refractivity contribution in [3.8, 4) is 5.75 Å². The van der Waals surface area contributed by atoms with Crippen LogP contribution in [0.5, 0.6) is 5.75 Å². The molecule has 2 aliphatic rings. The number of ether oxygens (including phenoxy) is 3. The van der Waals surface area contributed by atoms with Crippen molar-refractivity contribution in [3.63, 3.8) is 0 Å². The van der Waals surface area contributed by atoms with E-state index in [4.69, 9.17) is 14.2 Å². The number of β-amino-alcohol motifs (C(OH)–C–C–N with tert-alkyl or cyclic N) is 1. The van der Waals surface area contributed by atoms with Crippen LogP contribution in [0.15, 0.2) is 24.3 Å². The first-order valence-corrected chi connectivity index (χ1v) is 15.3. The second kappa shape index (κ2) is 15.5. The molecule has 4 amide bonds. The minimum atomic E-state index is -0.908. The number of fused-ring (bicyclic) bond motifs is 1. The van der Waals surface area contributed by atoms with E-state index < -0.39 is 42.6 Å². The summed E-state index contributed by atoms with van der Waals surface area (Å²) in [5, 5.41) is 13.3. The standard InChI is InChI=1S/C31H41N5O9/c1-4-6-13-44-31(42)35-11-9-34(10-12-35)27(38)17-32-29(40)24-16-26(22-8-7-20(3)14-23(22)33-24)45-19-28(39)36-18-21(37)15-25(36)30(41)43-5-2/h7-8,14,16,21,25,37H,4-6,9-13,15,17-19H2,1-3H3,(H,32,40)/t21-,25+/m1/s1. The molecule has 0 radical (unpaired) electrons. The third-order valence-electron chi connectivity index (χ3n) is 7.68. The fourth-order valence-electron chi connectivity index (χ4n) is 5.21. The lowest BCUT2D eigenvalue weighted by molar-refractivity contribution is -0.153. The summed E-state index contributed by atoms with van der Waals surface area (Å²) in [5.74, 6) is -1.80. The van der Waals surface area contributed by atoms with E-state index in [1.54, 1.807) is 28.9 Å². The molecular weight excluding hydrogens is 586 g/mol. The molecule has 0 saturated carbocycles. The number of hydrogen-bond acceptors (Lipinski definition) is 10. The fourth-order valence-corrected chi connectivity index (χ4v) is 5.21. The van der Waals surface area contributed by atoms with Crippen molar-refractivity contribution in [2.75, 3.05) is 59.1 Å². The Bertz CT molecular complexity index is 1410. The van der Waals surface area contributed by atoms with Crippen molar-refractivity contribution >= 4 is 40.7 Å². The van der Waals surface area contributed by atoms with Crippen molar-refractivity contribution in [3.05, 3.63) is 35.5 Å². The van der Waals surface area contributed by atoms with E-state index in [2.05, 4.69) is 10.3 Å². The molecular formula is C31H41N5O9. The van der Waals surface area contributed by atoms with Crippen molar-refractivity contribution in [1.29, 1.82) is 0 Å². The summed E-state index contributed by atoms with van der Waals surface area (Å²) < 4.78 is 16.2. The third-order valence-corrected chi connectivity index (χ3v) is 7.68. The number of nitrogens with one attached hydrogen (secondary N) is 1. The summed E-state index contributed by atoms with van der Waals surface area (Å²) in [6.45, 7) is 6.63. The first kappa shape index (κ1) is 33.4. The lowest BCUT2D eigenvalue weighted by atomic mass is 10.1. The van der Waals surface area contributed by atoms with Gasteiger partial charge in [-0.15, -0.1) is 0 Å². The van der Waals surface area contributed by atoms with Gasteiger partial charge in [-0.1, -0.05) is 19.4 Å². The van der Waals surface area contributed by atoms with Crippen LogP contribution in [-0.4, -0.2) is 126 Å². The first-order chi connectivity index (χ1) is 21.6. The van der Waals surface area contributed by atoms with E-state index in [-0.39, 0.29) is 43.5 Å². The lowest BCUT2D eigenvalue weighted by Crippen LogP contribution is -2.52. The Hall–Kier alpha value is -4.46. The van der Waals surface area contributed by atoms with Gasteiger partial charge in [-0.25, -0.2) is 14.6 Å². The SMILES string of the molecule is CCCCOC(=O)N1CCN(C(=O)CNC(=O)c2cc(OCC(=O)N3C[C@H](O)C[C@H]3C(=O)OCC)c3ccc(C)cc3n2)CC1. The van der Waals surface area contributed by atoms with Gasteiger partial charge in [0.05, 0.1) is 31.4 Å². The molecule has 0 unspecified atom stereocenters. The average molecular weight is 628 g/mol. The van der Waals surface area contributed by atoms with E-state index in [0.29, 0.717) is 43.7 Å². The molecule has 0 bridgehead atoms. The normalized spacial score (nSPS) is 18.1. The quantitative estimate of drug-likeness (QED) is 0.273. The van der Waals surface area contributed by atoms with Crippen LogP contribution < -0.4 is 10.1 Å². The van der Waals surface area contributed by atoms with Crippen LogP contribution >= 0.6 is 0 Å². The van der Waals surface area contributed by atoms with Gasteiger partial charge in [0.2, 0.25) is 5.91 Å².